The zero-order chi connectivity index (χ0) is 22.8. The van der Waals surface area contributed by atoms with Crippen LogP contribution < -0.4 is 10.6 Å². The summed E-state index contributed by atoms with van der Waals surface area (Å²) in [6.45, 7) is 0.906. The summed E-state index contributed by atoms with van der Waals surface area (Å²) in [4.78, 5) is 23.6. The van der Waals surface area contributed by atoms with Crippen molar-refractivity contribution in [1.29, 1.82) is 5.41 Å². The third-order valence-electron chi connectivity index (χ3n) is 6.46. The predicted molar refractivity (Wildman–Crippen MR) is 126 cm³/mol. The number of amidine groups is 1. The number of aromatic nitrogens is 3. The Morgan fingerprint density at radius 1 is 1.16 bits per heavy atom. The summed E-state index contributed by atoms with van der Waals surface area (Å²) in [6, 6.07) is 11.5. The monoisotopic (exact) mass is 434 g/mol. The van der Waals surface area contributed by atoms with Gasteiger partial charge >= 0.3 is 5.97 Å². The van der Waals surface area contributed by atoms with Crippen molar-refractivity contribution in [2.24, 2.45) is 24.6 Å². The zero-order valence-corrected chi connectivity index (χ0v) is 18.8. The molecule has 1 fully saturated rings. The largest absolute Gasteiger partial charge is 0.469 e. The van der Waals surface area contributed by atoms with E-state index in [1.54, 1.807) is 0 Å². The number of anilines is 1. The SMILES string of the molecule is COC(=O)C1CCC(CN(C)c2ccc3nc(-c4ccc(C(=N)N)cc4)n(C)c3n2)CC1. The van der Waals surface area contributed by atoms with Crippen molar-refractivity contribution in [2.75, 3.05) is 25.6 Å². The van der Waals surface area contributed by atoms with Crippen LogP contribution in [0.5, 0.6) is 0 Å². The average Bonchev–Trinajstić information content (AvgIpc) is 3.14. The normalized spacial score (nSPS) is 18.5. The molecule has 0 amide bonds. The number of methoxy groups -OCH3 is 1. The summed E-state index contributed by atoms with van der Waals surface area (Å²) in [7, 11) is 5.50. The van der Waals surface area contributed by atoms with E-state index in [1.165, 1.54) is 7.11 Å². The summed E-state index contributed by atoms with van der Waals surface area (Å²) in [5.41, 5.74) is 8.87. The highest BCUT2D eigenvalue weighted by Gasteiger charge is 2.27. The van der Waals surface area contributed by atoms with Gasteiger partial charge in [0.25, 0.3) is 0 Å². The van der Waals surface area contributed by atoms with Crippen molar-refractivity contribution in [2.45, 2.75) is 25.7 Å². The summed E-state index contributed by atoms with van der Waals surface area (Å²) in [5, 5.41) is 7.56. The lowest BCUT2D eigenvalue weighted by Gasteiger charge is -2.30. The first-order valence-corrected chi connectivity index (χ1v) is 10.9. The number of aryl methyl sites for hydroxylation is 1. The number of carbonyl (C=O) groups excluding carboxylic acids is 1. The molecule has 32 heavy (non-hydrogen) atoms. The van der Waals surface area contributed by atoms with E-state index in [9.17, 15) is 4.79 Å². The second-order valence-electron chi connectivity index (χ2n) is 8.62. The van der Waals surface area contributed by atoms with Crippen LogP contribution in [0.3, 0.4) is 0 Å². The van der Waals surface area contributed by atoms with E-state index in [0.29, 0.717) is 11.5 Å². The molecule has 2 aromatic heterocycles. The molecule has 4 rings (SSSR count). The quantitative estimate of drug-likeness (QED) is 0.350. The Balaban J connectivity index is 1.49. The van der Waals surface area contributed by atoms with E-state index < -0.39 is 0 Å². The number of pyridine rings is 1. The van der Waals surface area contributed by atoms with Crippen LogP contribution in [0.1, 0.15) is 31.2 Å². The van der Waals surface area contributed by atoms with E-state index in [0.717, 1.165) is 60.6 Å². The average molecular weight is 435 g/mol. The van der Waals surface area contributed by atoms with E-state index in [-0.39, 0.29) is 17.7 Å². The van der Waals surface area contributed by atoms with Crippen LogP contribution in [0.2, 0.25) is 0 Å². The molecule has 1 aliphatic carbocycles. The maximum atomic E-state index is 11.8. The number of nitrogens with zero attached hydrogens (tertiary/aromatic N) is 4. The van der Waals surface area contributed by atoms with Gasteiger partial charge in [0.1, 0.15) is 23.0 Å². The Hall–Kier alpha value is -3.42. The van der Waals surface area contributed by atoms with E-state index in [4.69, 9.17) is 25.8 Å². The van der Waals surface area contributed by atoms with Gasteiger partial charge in [0.2, 0.25) is 0 Å². The molecule has 168 valence electrons. The van der Waals surface area contributed by atoms with E-state index in [2.05, 4.69) is 11.9 Å². The minimum Gasteiger partial charge on any atom is -0.469 e. The first-order chi connectivity index (χ1) is 15.4. The summed E-state index contributed by atoms with van der Waals surface area (Å²) >= 11 is 0. The van der Waals surface area contributed by atoms with Crippen LogP contribution in [0.25, 0.3) is 22.6 Å². The molecular formula is C24H30N6O2. The zero-order valence-electron chi connectivity index (χ0n) is 18.8. The number of esters is 1. The number of nitrogen functional groups attached to an aromatic ring is 1. The molecule has 1 saturated carbocycles. The molecule has 8 heteroatoms. The maximum Gasteiger partial charge on any atom is 0.308 e. The lowest BCUT2D eigenvalue weighted by Crippen LogP contribution is -2.31. The molecule has 8 nitrogen and oxygen atoms in total. The lowest BCUT2D eigenvalue weighted by atomic mass is 9.82. The van der Waals surface area contributed by atoms with Crippen LogP contribution in [-0.2, 0) is 16.6 Å². The number of nitrogens with two attached hydrogens (primary N) is 1. The van der Waals surface area contributed by atoms with Gasteiger partial charge in [-0.2, -0.15) is 0 Å². The Labute approximate surface area is 187 Å². The summed E-state index contributed by atoms with van der Waals surface area (Å²) in [6.07, 6.45) is 3.84. The van der Waals surface area contributed by atoms with E-state index >= 15 is 0 Å². The summed E-state index contributed by atoms with van der Waals surface area (Å²) in [5.74, 6) is 2.30. The highest BCUT2D eigenvalue weighted by molar-refractivity contribution is 5.95. The molecule has 3 aromatic rings. The Morgan fingerprint density at radius 3 is 2.47 bits per heavy atom. The minimum atomic E-state index is -0.0770. The van der Waals surface area contributed by atoms with Crippen molar-refractivity contribution in [3.63, 3.8) is 0 Å². The number of imidazole rings is 1. The first-order valence-electron chi connectivity index (χ1n) is 10.9. The molecular weight excluding hydrogens is 404 g/mol. The Kier molecular flexibility index (Phi) is 6.12. The number of benzene rings is 1. The van der Waals surface area contributed by atoms with Gasteiger partial charge in [-0.1, -0.05) is 24.3 Å². The smallest absolute Gasteiger partial charge is 0.308 e. The second kappa shape index (κ2) is 8.98. The maximum absolute atomic E-state index is 11.8. The van der Waals surface area contributed by atoms with Gasteiger partial charge in [0, 0.05) is 31.8 Å². The minimum absolute atomic E-state index is 0.0495. The summed E-state index contributed by atoms with van der Waals surface area (Å²) < 4.78 is 6.89. The topological polar surface area (TPSA) is 110 Å². The number of nitrogens with one attached hydrogen (secondary N) is 1. The van der Waals surface area contributed by atoms with Gasteiger partial charge < -0.3 is 19.9 Å². The van der Waals surface area contributed by atoms with Gasteiger partial charge in [-0.25, -0.2) is 9.97 Å². The molecule has 1 aliphatic rings. The Bertz CT molecular complexity index is 1130. The Morgan fingerprint density at radius 2 is 1.84 bits per heavy atom. The molecule has 3 N–H and O–H groups in total. The number of hydrogen-bond donors (Lipinski definition) is 2. The van der Waals surface area contributed by atoms with Crippen molar-refractivity contribution >= 4 is 28.8 Å². The molecule has 0 unspecified atom stereocenters. The molecule has 0 aliphatic heterocycles. The molecule has 0 saturated heterocycles. The van der Waals surface area contributed by atoms with Gasteiger partial charge in [0.15, 0.2) is 5.65 Å². The van der Waals surface area contributed by atoms with Crippen LogP contribution in [0, 0.1) is 17.2 Å². The van der Waals surface area contributed by atoms with Crippen molar-refractivity contribution in [3.05, 3.63) is 42.0 Å². The fraction of sp³-hybridized carbons (Fsp3) is 0.417. The second-order valence-corrected chi connectivity index (χ2v) is 8.62. The van der Waals surface area contributed by atoms with Crippen molar-refractivity contribution < 1.29 is 9.53 Å². The van der Waals surface area contributed by atoms with Gasteiger partial charge in [-0.15, -0.1) is 0 Å². The third kappa shape index (κ3) is 4.30. The third-order valence-corrected chi connectivity index (χ3v) is 6.46. The number of ether oxygens (including phenoxy) is 1. The fourth-order valence-corrected chi connectivity index (χ4v) is 4.55. The molecule has 2 heterocycles. The number of fused-ring (bicyclic) bond motifs is 1. The molecule has 0 spiro atoms. The highest BCUT2D eigenvalue weighted by Crippen LogP contribution is 2.31. The van der Waals surface area contributed by atoms with Gasteiger partial charge in [0.05, 0.1) is 13.0 Å². The number of rotatable bonds is 6. The van der Waals surface area contributed by atoms with Gasteiger partial charge in [-0.05, 0) is 43.7 Å². The van der Waals surface area contributed by atoms with Crippen LogP contribution in [-0.4, -0.2) is 47.0 Å². The number of hydrogen-bond acceptors (Lipinski definition) is 6. The van der Waals surface area contributed by atoms with Crippen molar-refractivity contribution in [1.82, 2.24) is 14.5 Å². The lowest BCUT2D eigenvalue weighted by molar-refractivity contribution is -0.146. The van der Waals surface area contributed by atoms with Crippen LogP contribution in [0.15, 0.2) is 36.4 Å². The van der Waals surface area contributed by atoms with Crippen molar-refractivity contribution in [3.8, 4) is 11.4 Å². The standard InChI is InChI=1S/C24H30N6O2/c1-29(14-15-4-6-18(7-5-15)24(31)32-3)20-13-12-19-23(28-20)30(2)22(27-19)17-10-8-16(9-11-17)21(25)26/h8-13,15,18H,4-7,14H2,1-3H3,(H3,25,26). The van der Waals surface area contributed by atoms with E-state index in [1.807, 2.05) is 48.0 Å². The van der Waals surface area contributed by atoms with Crippen LogP contribution >= 0.6 is 0 Å². The number of carbonyl (C=O) groups is 1. The molecule has 0 radical (unpaired) electrons. The highest BCUT2D eigenvalue weighted by atomic mass is 16.5. The predicted octanol–water partition coefficient (Wildman–Crippen LogP) is 3.33. The van der Waals surface area contributed by atoms with Gasteiger partial charge in [-0.3, -0.25) is 10.2 Å². The van der Waals surface area contributed by atoms with Crippen LogP contribution in [0.4, 0.5) is 5.82 Å². The molecule has 0 atom stereocenters. The fourth-order valence-electron chi connectivity index (χ4n) is 4.55. The first kappa shape index (κ1) is 21.8. The molecule has 1 aromatic carbocycles. The molecule has 0 bridgehead atoms.